The lowest BCUT2D eigenvalue weighted by Gasteiger charge is -2.38. The standard InChI is InChI=1S/C23H19ClF3NO4/c1-32-20-9-12(5-8-18(20)29)14-11-21(31)28(16-3-2-4-19(30)22(14)16)17-10-13(23(25,26)27)6-7-15(17)24/h5-10,14,29H,2-4,11H2,1H3. The average Bonchev–Trinajstić information content (AvgIpc) is 2.73. The van der Waals surface area contributed by atoms with E-state index in [1.165, 1.54) is 13.2 Å². The summed E-state index contributed by atoms with van der Waals surface area (Å²) >= 11 is 6.21. The van der Waals surface area contributed by atoms with Crippen LogP contribution in [0.1, 0.15) is 42.7 Å². The van der Waals surface area contributed by atoms with Crippen molar-refractivity contribution in [3.63, 3.8) is 0 Å². The Morgan fingerprint density at radius 2 is 1.88 bits per heavy atom. The number of aromatic hydroxyl groups is 1. The van der Waals surface area contributed by atoms with Crippen LogP contribution in [0.2, 0.25) is 5.02 Å². The van der Waals surface area contributed by atoms with Crippen LogP contribution >= 0.6 is 11.6 Å². The molecule has 0 bridgehead atoms. The van der Waals surface area contributed by atoms with Gasteiger partial charge in [-0.1, -0.05) is 17.7 Å². The van der Waals surface area contributed by atoms with Crippen LogP contribution in [0.15, 0.2) is 47.7 Å². The molecule has 0 aromatic heterocycles. The van der Waals surface area contributed by atoms with Crippen LogP contribution in [0.3, 0.4) is 0 Å². The lowest BCUT2D eigenvalue weighted by molar-refractivity contribution is -0.137. The molecular formula is C23H19ClF3NO4. The van der Waals surface area contributed by atoms with E-state index in [4.69, 9.17) is 16.3 Å². The summed E-state index contributed by atoms with van der Waals surface area (Å²) < 4.78 is 45.1. The van der Waals surface area contributed by atoms with Crippen molar-refractivity contribution in [3.8, 4) is 11.5 Å². The third kappa shape index (κ3) is 3.83. The molecule has 2 aliphatic rings. The molecule has 5 nitrogen and oxygen atoms in total. The maximum absolute atomic E-state index is 13.3. The summed E-state index contributed by atoms with van der Waals surface area (Å²) in [6.45, 7) is 0. The van der Waals surface area contributed by atoms with Gasteiger partial charge in [-0.15, -0.1) is 0 Å². The van der Waals surface area contributed by atoms with Gasteiger partial charge in [0.05, 0.1) is 23.4 Å². The van der Waals surface area contributed by atoms with E-state index in [1.807, 2.05) is 0 Å². The monoisotopic (exact) mass is 465 g/mol. The van der Waals surface area contributed by atoms with Crippen LogP contribution in [-0.2, 0) is 15.8 Å². The normalized spacial score (nSPS) is 19.3. The van der Waals surface area contributed by atoms with Gasteiger partial charge in [-0.05, 0) is 48.7 Å². The first-order valence-corrected chi connectivity index (χ1v) is 10.3. The topological polar surface area (TPSA) is 66.8 Å². The number of allylic oxidation sites excluding steroid dienone is 2. The van der Waals surface area contributed by atoms with Crippen molar-refractivity contribution >= 4 is 29.0 Å². The van der Waals surface area contributed by atoms with Crippen LogP contribution in [0.5, 0.6) is 11.5 Å². The Hall–Kier alpha value is -3.00. The first kappa shape index (κ1) is 22.2. The van der Waals surface area contributed by atoms with Crippen LogP contribution < -0.4 is 9.64 Å². The van der Waals surface area contributed by atoms with Gasteiger partial charge in [0.2, 0.25) is 5.91 Å². The fraction of sp³-hybridized carbons (Fsp3) is 0.304. The minimum absolute atomic E-state index is 0.0130. The number of anilines is 1. The number of rotatable bonds is 3. The van der Waals surface area contributed by atoms with Crippen molar-refractivity contribution in [2.75, 3.05) is 12.0 Å². The molecule has 2 aromatic rings. The zero-order valence-electron chi connectivity index (χ0n) is 17.0. The highest BCUT2D eigenvalue weighted by Crippen LogP contribution is 2.46. The molecule has 1 N–H and O–H groups in total. The van der Waals surface area contributed by atoms with E-state index in [2.05, 4.69) is 0 Å². The molecule has 32 heavy (non-hydrogen) atoms. The van der Waals surface area contributed by atoms with Gasteiger partial charge < -0.3 is 9.84 Å². The van der Waals surface area contributed by atoms with Gasteiger partial charge in [0.1, 0.15) is 0 Å². The molecule has 4 rings (SSSR count). The van der Waals surface area contributed by atoms with Crippen LogP contribution in [0, 0.1) is 0 Å². The number of hydrogen-bond donors (Lipinski definition) is 1. The maximum atomic E-state index is 13.3. The molecule has 1 unspecified atom stereocenters. The average molecular weight is 466 g/mol. The number of carbonyl (C=O) groups excluding carboxylic acids is 2. The number of halogens is 4. The number of phenolic OH excluding ortho intramolecular Hbond substituents is 1. The summed E-state index contributed by atoms with van der Waals surface area (Å²) in [5, 5.41) is 9.88. The second kappa shape index (κ2) is 8.16. The van der Waals surface area contributed by atoms with Crippen molar-refractivity contribution < 1.29 is 32.6 Å². The van der Waals surface area contributed by atoms with Gasteiger partial charge in [0, 0.05) is 30.0 Å². The quantitative estimate of drug-likeness (QED) is 0.640. The molecule has 0 saturated carbocycles. The predicted molar refractivity (Wildman–Crippen MR) is 112 cm³/mol. The number of ketones is 1. The van der Waals surface area contributed by atoms with Crippen molar-refractivity contribution in [2.45, 2.75) is 37.8 Å². The Labute approximate surface area is 187 Å². The third-order valence-electron chi connectivity index (χ3n) is 5.80. The molecule has 0 spiro atoms. The van der Waals surface area contributed by atoms with E-state index < -0.39 is 23.6 Å². The fourth-order valence-electron chi connectivity index (χ4n) is 4.33. The number of alkyl halides is 3. The Morgan fingerprint density at radius 1 is 1.12 bits per heavy atom. The number of nitrogens with zero attached hydrogens (tertiary/aromatic N) is 1. The smallest absolute Gasteiger partial charge is 0.416 e. The largest absolute Gasteiger partial charge is 0.504 e. The van der Waals surface area contributed by atoms with Gasteiger partial charge in [0.25, 0.3) is 0 Å². The van der Waals surface area contributed by atoms with Crippen molar-refractivity contribution in [2.24, 2.45) is 0 Å². The molecule has 1 aliphatic heterocycles. The predicted octanol–water partition coefficient (Wildman–Crippen LogP) is 5.60. The van der Waals surface area contributed by atoms with Gasteiger partial charge >= 0.3 is 6.18 Å². The van der Waals surface area contributed by atoms with Crippen molar-refractivity contribution in [1.82, 2.24) is 0 Å². The van der Waals surface area contributed by atoms with Crippen LogP contribution in [0.4, 0.5) is 18.9 Å². The molecule has 1 amide bonds. The lowest BCUT2D eigenvalue weighted by Crippen LogP contribution is -2.40. The number of ether oxygens (including phenoxy) is 1. The van der Waals surface area contributed by atoms with E-state index >= 15 is 0 Å². The van der Waals surface area contributed by atoms with Gasteiger partial charge in [-0.2, -0.15) is 13.2 Å². The first-order valence-electron chi connectivity index (χ1n) is 9.94. The van der Waals surface area contributed by atoms with Crippen molar-refractivity contribution in [1.29, 1.82) is 0 Å². The summed E-state index contributed by atoms with van der Waals surface area (Å²) in [6.07, 6.45) is -3.63. The summed E-state index contributed by atoms with van der Waals surface area (Å²) in [7, 11) is 1.39. The number of hydrogen-bond acceptors (Lipinski definition) is 4. The molecule has 0 radical (unpaired) electrons. The van der Waals surface area contributed by atoms with E-state index in [-0.39, 0.29) is 40.8 Å². The van der Waals surface area contributed by atoms with Crippen LogP contribution in [-0.4, -0.2) is 23.9 Å². The molecule has 1 atom stereocenters. The summed E-state index contributed by atoms with van der Waals surface area (Å²) in [5.41, 5.74) is 0.341. The third-order valence-corrected chi connectivity index (χ3v) is 6.12. The second-order valence-electron chi connectivity index (χ2n) is 7.72. The maximum Gasteiger partial charge on any atom is 0.416 e. The van der Waals surface area contributed by atoms with Gasteiger partial charge in [-0.3, -0.25) is 14.5 Å². The lowest BCUT2D eigenvalue weighted by atomic mass is 9.77. The minimum atomic E-state index is -4.61. The summed E-state index contributed by atoms with van der Waals surface area (Å²) in [4.78, 5) is 27.3. The number of benzene rings is 2. The van der Waals surface area contributed by atoms with Crippen LogP contribution in [0.25, 0.3) is 0 Å². The molecule has 1 heterocycles. The highest BCUT2D eigenvalue weighted by molar-refractivity contribution is 6.34. The van der Waals surface area contributed by atoms with E-state index in [9.17, 15) is 27.9 Å². The minimum Gasteiger partial charge on any atom is -0.504 e. The second-order valence-corrected chi connectivity index (χ2v) is 8.13. The van der Waals surface area contributed by atoms with E-state index in [1.54, 1.807) is 12.1 Å². The molecular weight excluding hydrogens is 447 g/mol. The summed E-state index contributed by atoms with van der Waals surface area (Å²) in [5.74, 6) is -1.11. The van der Waals surface area contributed by atoms with Gasteiger partial charge in [-0.25, -0.2) is 0 Å². The SMILES string of the molecule is COc1cc(C2CC(=O)N(c3cc(C(F)(F)F)ccc3Cl)C3=C2C(=O)CCC3)ccc1O. The van der Waals surface area contributed by atoms with E-state index in [0.29, 0.717) is 29.7 Å². The Balaban J connectivity index is 1.88. The number of methoxy groups -OCH3 is 1. The fourth-order valence-corrected chi connectivity index (χ4v) is 4.53. The molecule has 0 saturated heterocycles. The summed E-state index contributed by atoms with van der Waals surface area (Å²) in [6, 6.07) is 7.39. The molecule has 2 aromatic carbocycles. The molecule has 0 fully saturated rings. The zero-order chi connectivity index (χ0) is 23.2. The molecule has 9 heteroatoms. The number of amides is 1. The highest BCUT2D eigenvalue weighted by atomic mass is 35.5. The number of phenols is 1. The Morgan fingerprint density at radius 3 is 2.56 bits per heavy atom. The highest BCUT2D eigenvalue weighted by Gasteiger charge is 2.41. The zero-order valence-corrected chi connectivity index (χ0v) is 17.8. The molecule has 1 aliphatic carbocycles. The number of Topliss-reactive ketones (excluding diaryl/α,β-unsaturated/α-hetero) is 1. The first-order chi connectivity index (χ1) is 15.1. The van der Waals surface area contributed by atoms with E-state index in [0.717, 1.165) is 23.1 Å². The Bertz CT molecular complexity index is 1140. The molecule has 168 valence electrons. The number of carbonyl (C=O) groups is 2. The van der Waals surface area contributed by atoms with Crippen molar-refractivity contribution in [3.05, 3.63) is 63.8 Å². The Kier molecular flexibility index (Phi) is 5.67. The van der Waals surface area contributed by atoms with Gasteiger partial charge in [0.15, 0.2) is 17.3 Å².